The highest BCUT2D eigenvalue weighted by molar-refractivity contribution is 5.00. The van der Waals surface area contributed by atoms with E-state index in [-0.39, 0.29) is 0 Å². The van der Waals surface area contributed by atoms with Crippen LogP contribution in [-0.4, -0.2) is 37.7 Å². The van der Waals surface area contributed by atoms with Crippen molar-refractivity contribution in [3.8, 4) is 0 Å². The summed E-state index contributed by atoms with van der Waals surface area (Å²) in [6.07, 6.45) is 3.19. The quantitative estimate of drug-likeness (QED) is 0.533. The molecule has 2 fully saturated rings. The Labute approximate surface area is 62.2 Å². The van der Waals surface area contributed by atoms with Gasteiger partial charge < -0.3 is 9.64 Å². The molecule has 1 unspecified atom stereocenters. The maximum Gasteiger partial charge on any atom is 0.0629 e. The minimum absolute atomic E-state index is 0.579. The molecule has 1 aliphatic carbocycles. The lowest BCUT2D eigenvalue weighted by atomic mass is 9.77. The Morgan fingerprint density at radius 2 is 2.30 bits per heavy atom. The molecule has 0 aromatic carbocycles. The van der Waals surface area contributed by atoms with Gasteiger partial charge in [0.1, 0.15) is 0 Å². The SMILES string of the molecule is COC1C[C@H]2[C@@H]1CCN2C. The van der Waals surface area contributed by atoms with E-state index in [0.29, 0.717) is 6.10 Å². The first kappa shape index (κ1) is 6.62. The summed E-state index contributed by atoms with van der Waals surface area (Å²) in [6.45, 7) is 1.27. The van der Waals surface area contributed by atoms with Gasteiger partial charge in [-0.3, -0.25) is 0 Å². The molecule has 0 aromatic rings. The van der Waals surface area contributed by atoms with E-state index in [0.717, 1.165) is 12.0 Å². The number of hydrogen-bond donors (Lipinski definition) is 0. The maximum absolute atomic E-state index is 5.32. The van der Waals surface area contributed by atoms with Gasteiger partial charge >= 0.3 is 0 Å². The third-order valence-corrected chi connectivity index (χ3v) is 3.13. The largest absolute Gasteiger partial charge is 0.381 e. The molecule has 2 nitrogen and oxygen atoms in total. The number of hydrogen-bond acceptors (Lipinski definition) is 2. The second kappa shape index (κ2) is 2.21. The van der Waals surface area contributed by atoms with Gasteiger partial charge in [-0.25, -0.2) is 0 Å². The number of ether oxygens (including phenoxy) is 1. The van der Waals surface area contributed by atoms with Crippen LogP contribution in [0.1, 0.15) is 12.8 Å². The molecule has 3 atom stereocenters. The maximum atomic E-state index is 5.32. The molecule has 1 saturated heterocycles. The molecule has 0 amide bonds. The summed E-state index contributed by atoms with van der Waals surface area (Å²) in [7, 11) is 4.05. The van der Waals surface area contributed by atoms with Gasteiger partial charge in [-0.15, -0.1) is 0 Å². The van der Waals surface area contributed by atoms with Crippen molar-refractivity contribution in [1.29, 1.82) is 0 Å². The van der Waals surface area contributed by atoms with Crippen molar-refractivity contribution < 1.29 is 4.74 Å². The normalized spacial score (nSPS) is 46.8. The summed E-state index contributed by atoms with van der Waals surface area (Å²) in [5.74, 6) is 0.856. The summed E-state index contributed by atoms with van der Waals surface area (Å²) >= 11 is 0. The molecule has 1 heterocycles. The lowest BCUT2D eigenvalue weighted by Gasteiger charge is -2.41. The van der Waals surface area contributed by atoms with E-state index in [4.69, 9.17) is 4.74 Å². The van der Waals surface area contributed by atoms with E-state index in [9.17, 15) is 0 Å². The highest BCUT2D eigenvalue weighted by Gasteiger charge is 2.46. The number of nitrogens with zero attached hydrogens (tertiary/aromatic N) is 1. The van der Waals surface area contributed by atoms with E-state index < -0.39 is 0 Å². The zero-order valence-corrected chi connectivity index (χ0v) is 6.71. The molecule has 1 aliphatic heterocycles. The Hall–Kier alpha value is -0.0800. The van der Waals surface area contributed by atoms with Crippen molar-refractivity contribution in [2.24, 2.45) is 5.92 Å². The van der Waals surface area contributed by atoms with Gasteiger partial charge in [-0.1, -0.05) is 0 Å². The Morgan fingerprint density at radius 3 is 2.90 bits per heavy atom. The van der Waals surface area contributed by atoms with Gasteiger partial charge in [0.25, 0.3) is 0 Å². The third-order valence-electron chi connectivity index (χ3n) is 3.13. The highest BCUT2D eigenvalue weighted by Crippen LogP contribution is 2.40. The predicted molar refractivity (Wildman–Crippen MR) is 39.9 cm³/mol. The first-order valence-electron chi connectivity index (χ1n) is 4.06. The average Bonchev–Trinajstić information content (AvgIpc) is 2.10. The molecule has 0 bridgehead atoms. The van der Waals surface area contributed by atoms with E-state index in [1.165, 1.54) is 19.4 Å². The van der Waals surface area contributed by atoms with Crippen molar-refractivity contribution in [1.82, 2.24) is 4.90 Å². The molecule has 10 heavy (non-hydrogen) atoms. The number of likely N-dealkylation sites (tertiary alicyclic amines) is 1. The second-order valence-electron chi connectivity index (χ2n) is 3.51. The summed E-state index contributed by atoms with van der Waals surface area (Å²) < 4.78 is 5.32. The zero-order chi connectivity index (χ0) is 7.14. The van der Waals surface area contributed by atoms with Crippen LogP contribution >= 0.6 is 0 Å². The van der Waals surface area contributed by atoms with Crippen LogP contribution in [0.15, 0.2) is 0 Å². The van der Waals surface area contributed by atoms with Gasteiger partial charge in [-0.05, 0) is 26.4 Å². The lowest BCUT2D eigenvalue weighted by molar-refractivity contribution is -0.0462. The van der Waals surface area contributed by atoms with Crippen LogP contribution in [-0.2, 0) is 4.74 Å². The van der Waals surface area contributed by atoms with Gasteiger partial charge in [0, 0.05) is 19.1 Å². The first-order valence-corrected chi connectivity index (χ1v) is 4.06. The first-order chi connectivity index (χ1) is 4.83. The lowest BCUT2D eigenvalue weighted by Crippen LogP contribution is -2.48. The van der Waals surface area contributed by atoms with E-state index in [2.05, 4.69) is 11.9 Å². The van der Waals surface area contributed by atoms with Crippen molar-refractivity contribution >= 4 is 0 Å². The summed E-state index contributed by atoms with van der Waals surface area (Å²) in [6, 6.07) is 0.852. The van der Waals surface area contributed by atoms with Crippen LogP contribution in [0.4, 0.5) is 0 Å². The fourth-order valence-corrected chi connectivity index (χ4v) is 2.31. The van der Waals surface area contributed by atoms with E-state index in [1.807, 2.05) is 7.11 Å². The highest BCUT2D eigenvalue weighted by atomic mass is 16.5. The number of fused-ring (bicyclic) bond motifs is 1. The van der Waals surface area contributed by atoms with E-state index in [1.54, 1.807) is 0 Å². The van der Waals surface area contributed by atoms with Crippen LogP contribution in [0.2, 0.25) is 0 Å². The molecule has 0 aromatic heterocycles. The van der Waals surface area contributed by atoms with Crippen LogP contribution < -0.4 is 0 Å². The van der Waals surface area contributed by atoms with Crippen LogP contribution in [0.25, 0.3) is 0 Å². The van der Waals surface area contributed by atoms with Crippen molar-refractivity contribution in [3.63, 3.8) is 0 Å². The van der Waals surface area contributed by atoms with Gasteiger partial charge in [0.15, 0.2) is 0 Å². The Bertz CT molecular complexity index is 137. The summed E-state index contributed by atoms with van der Waals surface area (Å²) in [4.78, 5) is 2.46. The fraction of sp³-hybridized carbons (Fsp3) is 1.00. The number of rotatable bonds is 1. The Balaban J connectivity index is 1.96. The van der Waals surface area contributed by atoms with Gasteiger partial charge in [0.2, 0.25) is 0 Å². The smallest absolute Gasteiger partial charge is 0.0629 e. The molecule has 0 N–H and O–H groups in total. The standard InChI is InChI=1S/C8H15NO/c1-9-4-3-6-7(9)5-8(6)10-2/h6-8H,3-5H2,1-2H3/t6-,7-,8?/m0/s1. The van der Waals surface area contributed by atoms with Crippen molar-refractivity contribution in [3.05, 3.63) is 0 Å². The molecular weight excluding hydrogens is 126 g/mol. The second-order valence-corrected chi connectivity index (χ2v) is 3.51. The van der Waals surface area contributed by atoms with Gasteiger partial charge in [-0.2, -0.15) is 0 Å². The molecule has 1 saturated carbocycles. The Morgan fingerprint density at radius 1 is 1.50 bits per heavy atom. The molecule has 58 valence electrons. The zero-order valence-electron chi connectivity index (χ0n) is 6.71. The van der Waals surface area contributed by atoms with Gasteiger partial charge in [0.05, 0.1) is 6.10 Å². The summed E-state index contributed by atoms with van der Waals surface area (Å²) in [5, 5.41) is 0. The molecule has 0 spiro atoms. The molecule has 0 radical (unpaired) electrons. The van der Waals surface area contributed by atoms with Crippen molar-refractivity contribution in [2.75, 3.05) is 20.7 Å². The third kappa shape index (κ3) is 0.722. The molecule has 2 heteroatoms. The Kier molecular flexibility index (Phi) is 1.46. The van der Waals surface area contributed by atoms with Crippen LogP contribution in [0, 0.1) is 5.92 Å². The molecule has 2 rings (SSSR count). The van der Waals surface area contributed by atoms with Crippen LogP contribution in [0.5, 0.6) is 0 Å². The predicted octanol–water partition coefficient (Wildman–Crippen LogP) is 0.725. The molecular formula is C8H15NO. The number of methoxy groups -OCH3 is 1. The minimum Gasteiger partial charge on any atom is -0.381 e. The topological polar surface area (TPSA) is 12.5 Å². The monoisotopic (exact) mass is 141 g/mol. The fourth-order valence-electron chi connectivity index (χ4n) is 2.31. The average molecular weight is 141 g/mol. The molecule has 2 aliphatic rings. The minimum atomic E-state index is 0.579. The van der Waals surface area contributed by atoms with Crippen LogP contribution in [0.3, 0.4) is 0 Å². The summed E-state index contributed by atoms with van der Waals surface area (Å²) in [5.41, 5.74) is 0. The van der Waals surface area contributed by atoms with E-state index >= 15 is 0 Å². The van der Waals surface area contributed by atoms with Crippen molar-refractivity contribution in [2.45, 2.75) is 25.0 Å².